The van der Waals surface area contributed by atoms with Crippen LogP contribution in [0, 0.1) is 44.8 Å². The summed E-state index contributed by atoms with van der Waals surface area (Å²) in [7, 11) is 0. The molecule has 0 radical (unpaired) electrons. The molecule has 4 aliphatic carbocycles. The average molecular weight is 519 g/mol. The van der Waals surface area contributed by atoms with Crippen LogP contribution in [0.3, 0.4) is 0 Å². The molecule has 5 aliphatic rings. The average Bonchev–Trinajstić information content (AvgIpc) is 3.32. The zero-order valence-electron chi connectivity index (χ0n) is 23.4. The van der Waals surface area contributed by atoms with E-state index in [-0.39, 0.29) is 34.7 Å². The number of aliphatic hydroxyl groups excluding tert-OH is 2. The summed E-state index contributed by atoms with van der Waals surface area (Å²) in [6, 6.07) is 4.01. The molecular formula is C32H42N2O4. The van der Waals surface area contributed by atoms with E-state index in [4.69, 9.17) is 0 Å². The summed E-state index contributed by atoms with van der Waals surface area (Å²) < 4.78 is 0. The second-order valence-electron chi connectivity index (χ2n) is 14.0. The predicted octanol–water partition coefficient (Wildman–Crippen LogP) is 3.98. The number of hydrogen-bond acceptors (Lipinski definition) is 6. The molecule has 0 spiro atoms. The molecule has 1 aromatic heterocycles. The Kier molecular flexibility index (Phi) is 5.62. The van der Waals surface area contributed by atoms with Gasteiger partial charge >= 0.3 is 0 Å². The number of rotatable bonds is 4. The number of aliphatic hydroxyl groups is 2. The molecule has 2 N–H and O–H groups in total. The Morgan fingerprint density at radius 2 is 1.97 bits per heavy atom. The van der Waals surface area contributed by atoms with Crippen molar-refractivity contribution in [2.75, 3.05) is 19.7 Å². The Balaban J connectivity index is 1.45. The monoisotopic (exact) mass is 518 g/mol. The van der Waals surface area contributed by atoms with Crippen molar-refractivity contribution in [3.05, 3.63) is 53.9 Å². The summed E-state index contributed by atoms with van der Waals surface area (Å²) in [5.41, 5.74) is -0.00984. The van der Waals surface area contributed by atoms with E-state index in [1.165, 1.54) is 0 Å². The minimum atomic E-state index is -0.709. The SMILES string of the molecule is CC1CC2C3(C)CC4CN(Cc5cccnc5)CC4(C(=O)CO)C3(C)CC(O)C2(C)C2(C)C=CC(=O)C=C12. The van der Waals surface area contributed by atoms with Gasteiger partial charge in [0.05, 0.1) is 11.5 Å². The number of hydrogen-bond donors (Lipinski definition) is 2. The van der Waals surface area contributed by atoms with Gasteiger partial charge < -0.3 is 10.2 Å². The Morgan fingerprint density at radius 1 is 1.21 bits per heavy atom. The van der Waals surface area contributed by atoms with Crippen LogP contribution in [0.4, 0.5) is 0 Å². The van der Waals surface area contributed by atoms with Crippen LogP contribution in [0.25, 0.3) is 0 Å². The second kappa shape index (κ2) is 8.18. The molecule has 38 heavy (non-hydrogen) atoms. The Hall–Kier alpha value is -2.15. The van der Waals surface area contributed by atoms with Gasteiger partial charge in [-0.05, 0) is 71.6 Å². The first-order valence-corrected chi connectivity index (χ1v) is 14.3. The molecule has 0 aromatic carbocycles. The first-order chi connectivity index (χ1) is 17.9. The van der Waals surface area contributed by atoms with Crippen LogP contribution < -0.4 is 0 Å². The molecule has 204 valence electrons. The lowest BCUT2D eigenvalue weighted by atomic mass is 9.34. The van der Waals surface area contributed by atoms with Crippen LogP contribution in [0.15, 0.2) is 48.3 Å². The zero-order chi connectivity index (χ0) is 27.3. The maximum Gasteiger partial charge on any atom is 0.178 e. The van der Waals surface area contributed by atoms with Crippen LogP contribution >= 0.6 is 0 Å². The normalized spacial score (nSPS) is 47.7. The predicted molar refractivity (Wildman–Crippen MR) is 145 cm³/mol. The standard InChI is InChI=1S/C32H42N2O4/c1-20-11-25-29(3)13-22-17-34(16-21-7-6-10-33-15-21)19-32(22,27(38)18-35)30(29,4)14-26(37)31(25,5)28(2)9-8-23(36)12-24(20)28/h6-10,12,15,20,22,25-26,35,37H,11,13-14,16-19H2,1-5H3. The highest BCUT2D eigenvalue weighted by atomic mass is 16.3. The lowest BCUT2D eigenvalue weighted by molar-refractivity contribution is -0.229. The summed E-state index contributed by atoms with van der Waals surface area (Å²) in [6.07, 6.45) is 10.9. The van der Waals surface area contributed by atoms with Crippen molar-refractivity contribution in [1.29, 1.82) is 0 Å². The van der Waals surface area contributed by atoms with Crippen LogP contribution in [0.5, 0.6) is 0 Å². The number of aromatic nitrogens is 1. The number of ketones is 2. The first-order valence-electron chi connectivity index (χ1n) is 14.3. The van der Waals surface area contributed by atoms with Gasteiger partial charge in [-0.15, -0.1) is 0 Å². The maximum absolute atomic E-state index is 13.9. The van der Waals surface area contributed by atoms with E-state index in [0.717, 1.165) is 37.1 Å². The van der Waals surface area contributed by atoms with Crippen LogP contribution in [-0.2, 0) is 16.1 Å². The van der Waals surface area contributed by atoms with Crippen molar-refractivity contribution >= 4 is 11.6 Å². The molecule has 0 bridgehead atoms. The van der Waals surface area contributed by atoms with E-state index >= 15 is 0 Å². The minimum absolute atomic E-state index is 0.0318. The molecule has 1 aromatic rings. The van der Waals surface area contributed by atoms with Crippen molar-refractivity contribution in [2.45, 2.75) is 66.5 Å². The summed E-state index contributed by atoms with van der Waals surface area (Å²) in [6.45, 7) is 12.9. The van der Waals surface area contributed by atoms with Crippen molar-refractivity contribution in [3.63, 3.8) is 0 Å². The topological polar surface area (TPSA) is 90.7 Å². The first kappa shape index (κ1) is 26.1. The fraction of sp³-hybridized carbons (Fsp3) is 0.656. The highest BCUT2D eigenvalue weighted by Gasteiger charge is 2.80. The molecule has 2 heterocycles. The molecule has 3 saturated carbocycles. The molecule has 6 rings (SSSR count). The van der Waals surface area contributed by atoms with Crippen molar-refractivity contribution in [3.8, 4) is 0 Å². The van der Waals surface area contributed by atoms with Gasteiger partial charge in [-0.25, -0.2) is 0 Å². The number of fused-ring (bicyclic) bond motifs is 7. The van der Waals surface area contributed by atoms with E-state index in [0.29, 0.717) is 13.0 Å². The number of pyridine rings is 1. The van der Waals surface area contributed by atoms with E-state index in [9.17, 15) is 19.8 Å². The molecule has 9 unspecified atom stereocenters. The van der Waals surface area contributed by atoms with E-state index in [2.05, 4.69) is 56.6 Å². The molecule has 1 saturated heterocycles. The fourth-order valence-corrected chi connectivity index (χ4v) is 10.7. The van der Waals surface area contributed by atoms with Gasteiger partial charge in [0.15, 0.2) is 11.6 Å². The van der Waals surface area contributed by atoms with Crippen LogP contribution in [0.2, 0.25) is 0 Å². The summed E-state index contributed by atoms with van der Waals surface area (Å²) in [5.74, 6) is 0.457. The van der Waals surface area contributed by atoms with Crippen molar-refractivity contribution < 1.29 is 19.8 Å². The Morgan fingerprint density at radius 3 is 2.66 bits per heavy atom. The van der Waals surface area contributed by atoms with Crippen molar-refractivity contribution in [2.24, 2.45) is 44.8 Å². The number of nitrogens with zero attached hydrogens (tertiary/aromatic N) is 2. The highest BCUT2D eigenvalue weighted by Crippen LogP contribution is 2.80. The van der Waals surface area contributed by atoms with Crippen LogP contribution in [-0.4, -0.2) is 57.5 Å². The second-order valence-corrected chi connectivity index (χ2v) is 14.0. The van der Waals surface area contributed by atoms with Crippen molar-refractivity contribution in [1.82, 2.24) is 9.88 Å². The molecular weight excluding hydrogens is 476 g/mol. The van der Waals surface area contributed by atoms with Crippen LogP contribution in [0.1, 0.15) is 59.4 Å². The Labute approximate surface area is 226 Å². The third-order valence-electron chi connectivity index (χ3n) is 12.8. The van der Waals surface area contributed by atoms with Gasteiger partial charge in [0.1, 0.15) is 6.61 Å². The molecule has 6 heteroatoms. The lowest BCUT2D eigenvalue weighted by Crippen LogP contribution is -2.69. The van der Waals surface area contributed by atoms with Gasteiger partial charge in [-0.3, -0.25) is 19.5 Å². The third-order valence-corrected chi connectivity index (χ3v) is 12.8. The number of carbonyl (C=O) groups excluding carboxylic acids is 2. The minimum Gasteiger partial charge on any atom is -0.392 e. The van der Waals surface area contributed by atoms with E-state index < -0.39 is 34.4 Å². The molecule has 4 fully saturated rings. The number of allylic oxidation sites excluding steroid dienone is 4. The zero-order valence-corrected chi connectivity index (χ0v) is 23.4. The highest BCUT2D eigenvalue weighted by molar-refractivity contribution is 6.01. The third kappa shape index (κ3) is 2.92. The molecule has 9 atom stereocenters. The summed E-state index contributed by atoms with van der Waals surface area (Å²) in [4.78, 5) is 33.0. The van der Waals surface area contributed by atoms with E-state index in [1.54, 1.807) is 12.3 Å². The smallest absolute Gasteiger partial charge is 0.178 e. The largest absolute Gasteiger partial charge is 0.392 e. The summed E-state index contributed by atoms with van der Waals surface area (Å²) >= 11 is 0. The maximum atomic E-state index is 13.9. The molecule has 6 nitrogen and oxygen atoms in total. The van der Waals surface area contributed by atoms with Gasteiger partial charge in [0.2, 0.25) is 0 Å². The quantitative estimate of drug-likeness (QED) is 0.627. The number of carbonyl (C=O) groups is 2. The molecule has 1 aliphatic heterocycles. The van der Waals surface area contributed by atoms with Gasteiger partial charge in [0, 0.05) is 42.9 Å². The van der Waals surface area contributed by atoms with Gasteiger partial charge in [-0.1, -0.05) is 52.3 Å². The summed E-state index contributed by atoms with van der Waals surface area (Å²) in [5, 5.41) is 22.5. The number of Topliss-reactive ketones (excluding diaryl/α,β-unsaturated/α-hetero) is 1. The fourth-order valence-electron chi connectivity index (χ4n) is 10.7. The molecule has 0 amide bonds. The van der Waals surface area contributed by atoms with Gasteiger partial charge in [-0.2, -0.15) is 0 Å². The Bertz CT molecular complexity index is 1240. The lowest BCUT2D eigenvalue weighted by Gasteiger charge is -2.70. The number of likely N-dealkylation sites (tertiary alicyclic amines) is 1. The van der Waals surface area contributed by atoms with E-state index in [1.807, 2.05) is 18.3 Å². The van der Waals surface area contributed by atoms with Gasteiger partial charge in [0.25, 0.3) is 0 Å².